The summed E-state index contributed by atoms with van der Waals surface area (Å²) in [6.45, 7) is 6.70. The maximum absolute atomic E-state index is 12.3. The van der Waals surface area contributed by atoms with Gasteiger partial charge in [0.1, 0.15) is 5.69 Å². The number of nitrogens with one attached hydrogen (secondary N) is 1. The lowest BCUT2D eigenvalue weighted by molar-refractivity contribution is 0.0948. The largest absolute Gasteiger partial charge is 0.351 e. The van der Waals surface area contributed by atoms with Crippen LogP contribution in [0.25, 0.3) is 0 Å². The van der Waals surface area contributed by atoms with Crippen LogP contribution in [0.15, 0.2) is 42.6 Å². The fraction of sp³-hybridized carbons (Fsp3) is 0.450. The molecular formula is C20H28N4O. The first-order valence-corrected chi connectivity index (χ1v) is 9.14. The molecule has 1 heterocycles. The van der Waals surface area contributed by atoms with Gasteiger partial charge < -0.3 is 10.2 Å². The van der Waals surface area contributed by atoms with E-state index < -0.39 is 0 Å². The summed E-state index contributed by atoms with van der Waals surface area (Å²) >= 11 is 0. The number of carbonyl (C=O) groups excluding carboxylic acids is 1. The Labute approximate surface area is 150 Å². The van der Waals surface area contributed by atoms with Crippen LogP contribution in [0.3, 0.4) is 0 Å². The van der Waals surface area contributed by atoms with Gasteiger partial charge in [-0.3, -0.25) is 4.79 Å². The summed E-state index contributed by atoms with van der Waals surface area (Å²) in [4.78, 5) is 23.2. The number of benzene rings is 1. The van der Waals surface area contributed by atoms with Crippen LogP contribution in [0.5, 0.6) is 0 Å². The minimum Gasteiger partial charge on any atom is -0.351 e. The molecule has 2 aromatic rings. The molecule has 5 heteroatoms. The van der Waals surface area contributed by atoms with E-state index in [0.717, 1.165) is 38.8 Å². The predicted molar refractivity (Wildman–Crippen MR) is 102 cm³/mol. The molecule has 0 saturated heterocycles. The number of aromatic nitrogens is 2. The van der Waals surface area contributed by atoms with E-state index >= 15 is 0 Å². The third kappa shape index (κ3) is 6.18. The molecule has 2 rings (SSSR count). The molecule has 0 aliphatic rings. The summed E-state index contributed by atoms with van der Waals surface area (Å²) in [5.74, 6) is 0.505. The van der Waals surface area contributed by atoms with Gasteiger partial charge in [-0.25, -0.2) is 9.97 Å². The molecule has 0 saturated carbocycles. The normalized spacial score (nSPS) is 10.5. The van der Waals surface area contributed by atoms with Crippen molar-refractivity contribution >= 4 is 11.9 Å². The van der Waals surface area contributed by atoms with E-state index in [2.05, 4.69) is 46.2 Å². The first kappa shape index (κ1) is 18.9. The number of hydrogen-bond donors (Lipinski definition) is 1. The number of anilines is 1. The molecule has 134 valence electrons. The highest BCUT2D eigenvalue weighted by Gasteiger charge is 2.12. The minimum atomic E-state index is -0.135. The van der Waals surface area contributed by atoms with Gasteiger partial charge in [0.25, 0.3) is 5.91 Å². The Morgan fingerprint density at radius 2 is 1.80 bits per heavy atom. The van der Waals surface area contributed by atoms with Gasteiger partial charge in [0.05, 0.1) is 0 Å². The van der Waals surface area contributed by atoms with Crippen molar-refractivity contribution in [1.82, 2.24) is 15.3 Å². The highest BCUT2D eigenvalue weighted by atomic mass is 16.1. The summed E-state index contributed by atoms with van der Waals surface area (Å²) < 4.78 is 0. The average Bonchev–Trinajstić information content (AvgIpc) is 2.66. The molecule has 1 amide bonds. The second kappa shape index (κ2) is 10.4. The molecule has 25 heavy (non-hydrogen) atoms. The Hall–Kier alpha value is -2.43. The molecule has 0 radical (unpaired) electrons. The van der Waals surface area contributed by atoms with Crippen molar-refractivity contribution in [3.05, 3.63) is 53.9 Å². The average molecular weight is 340 g/mol. The van der Waals surface area contributed by atoms with Gasteiger partial charge in [0, 0.05) is 25.8 Å². The van der Waals surface area contributed by atoms with E-state index in [1.165, 1.54) is 5.56 Å². The highest BCUT2D eigenvalue weighted by Crippen LogP contribution is 2.09. The third-order valence-corrected chi connectivity index (χ3v) is 3.92. The Bertz CT molecular complexity index is 639. The SMILES string of the molecule is CCCN(CCC)c1nccc(C(=O)NCCCc2ccccc2)n1. The van der Waals surface area contributed by atoms with Crippen molar-refractivity contribution in [2.75, 3.05) is 24.5 Å². The van der Waals surface area contributed by atoms with Crippen LogP contribution in [0.2, 0.25) is 0 Å². The number of aryl methyl sites for hydroxylation is 1. The number of rotatable bonds is 10. The second-order valence-electron chi connectivity index (χ2n) is 6.07. The molecule has 0 fully saturated rings. The smallest absolute Gasteiger partial charge is 0.270 e. The van der Waals surface area contributed by atoms with Gasteiger partial charge in [-0.2, -0.15) is 0 Å². The van der Waals surface area contributed by atoms with Gasteiger partial charge in [-0.15, -0.1) is 0 Å². The number of amides is 1. The van der Waals surface area contributed by atoms with Crippen LogP contribution in [-0.4, -0.2) is 35.5 Å². The number of nitrogens with zero attached hydrogens (tertiary/aromatic N) is 3. The molecule has 1 aromatic carbocycles. The van der Waals surface area contributed by atoms with Crippen molar-refractivity contribution in [3.63, 3.8) is 0 Å². The fourth-order valence-electron chi connectivity index (χ4n) is 2.71. The van der Waals surface area contributed by atoms with Crippen LogP contribution in [-0.2, 0) is 6.42 Å². The number of hydrogen-bond acceptors (Lipinski definition) is 4. The van der Waals surface area contributed by atoms with Gasteiger partial charge in [-0.1, -0.05) is 44.2 Å². The molecule has 1 N–H and O–H groups in total. The summed E-state index contributed by atoms with van der Waals surface area (Å²) in [6.07, 6.45) is 5.58. The fourth-order valence-corrected chi connectivity index (χ4v) is 2.71. The standard InChI is InChI=1S/C20H28N4O/c1-3-15-24(16-4-2)20-22-14-12-18(23-20)19(25)21-13-8-11-17-9-6-5-7-10-17/h5-7,9-10,12,14H,3-4,8,11,13,15-16H2,1-2H3,(H,21,25). The Morgan fingerprint density at radius 1 is 1.08 bits per heavy atom. The van der Waals surface area contributed by atoms with E-state index in [9.17, 15) is 4.79 Å². The topological polar surface area (TPSA) is 58.1 Å². The third-order valence-electron chi connectivity index (χ3n) is 3.92. The summed E-state index contributed by atoms with van der Waals surface area (Å²) in [6, 6.07) is 12.0. The van der Waals surface area contributed by atoms with Crippen LogP contribution in [0.1, 0.15) is 49.2 Å². The molecule has 0 atom stereocenters. The summed E-state index contributed by atoms with van der Waals surface area (Å²) in [5.41, 5.74) is 1.72. The first-order valence-electron chi connectivity index (χ1n) is 9.14. The van der Waals surface area contributed by atoms with Crippen molar-refractivity contribution in [1.29, 1.82) is 0 Å². The van der Waals surface area contributed by atoms with E-state index in [4.69, 9.17) is 0 Å². The Kier molecular flexibility index (Phi) is 7.89. The lowest BCUT2D eigenvalue weighted by Crippen LogP contribution is -2.29. The van der Waals surface area contributed by atoms with E-state index in [1.807, 2.05) is 18.2 Å². The first-order chi connectivity index (χ1) is 12.2. The Morgan fingerprint density at radius 3 is 2.48 bits per heavy atom. The van der Waals surface area contributed by atoms with Crippen LogP contribution < -0.4 is 10.2 Å². The van der Waals surface area contributed by atoms with E-state index in [0.29, 0.717) is 18.2 Å². The van der Waals surface area contributed by atoms with Crippen molar-refractivity contribution in [2.24, 2.45) is 0 Å². The van der Waals surface area contributed by atoms with Gasteiger partial charge in [0.2, 0.25) is 5.95 Å². The van der Waals surface area contributed by atoms with Crippen LogP contribution in [0.4, 0.5) is 5.95 Å². The van der Waals surface area contributed by atoms with Gasteiger partial charge in [-0.05, 0) is 37.3 Å². The maximum Gasteiger partial charge on any atom is 0.270 e. The lowest BCUT2D eigenvalue weighted by Gasteiger charge is -2.21. The summed E-state index contributed by atoms with van der Waals surface area (Å²) in [7, 11) is 0. The highest BCUT2D eigenvalue weighted by molar-refractivity contribution is 5.92. The minimum absolute atomic E-state index is 0.135. The number of carbonyl (C=O) groups is 1. The maximum atomic E-state index is 12.3. The quantitative estimate of drug-likeness (QED) is 0.673. The van der Waals surface area contributed by atoms with Crippen molar-refractivity contribution in [2.45, 2.75) is 39.5 Å². The summed E-state index contributed by atoms with van der Waals surface area (Å²) in [5, 5.41) is 2.95. The molecule has 1 aromatic heterocycles. The van der Waals surface area contributed by atoms with Gasteiger partial charge in [0.15, 0.2) is 0 Å². The molecular weight excluding hydrogens is 312 g/mol. The van der Waals surface area contributed by atoms with Crippen LogP contribution >= 0.6 is 0 Å². The molecule has 0 spiro atoms. The molecule has 0 unspecified atom stereocenters. The predicted octanol–water partition coefficient (Wildman–Crippen LogP) is 3.47. The van der Waals surface area contributed by atoms with E-state index in [-0.39, 0.29) is 5.91 Å². The van der Waals surface area contributed by atoms with Crippen molar-refractivity contribution in [3.8, 4) is 0 Å². The second-order valence-corrected chi connectivity index (χ2v) is 6.07. The van der Waals surface area contributed by atoms with Crippen molar-refractivity contribution < 1.29 is 4.79 Å². The van der Waals surface area contributed by atoms with E-state index in [1.54, 1.807) is 12.3 Å². The van der Waals surface area contributed by atoms with Gasteiger partial charge >= 0.3 is 0 Å². The monoisotopic (exact) mass is 340 g/mol. The molecule has 0 bridgehead atoms. The zero-order chi connectivity index (χ0) is 17.9. The zero-order valence-corrected chi connectivity index (χ0v) is 15.2. The van der Waals surface area contributed by atoms with Crippen LogP contribution in [0, 0.1) is 0 Å². The Balaban J connectivity index is 1.87. The molecule has 5 nitrogen and oxygen atoms in total. The molecule has 0 aliphatic heterocycles. The lowest BCUT2D eigenvalue weighted by atomic mass is 10.1. The zero-order valence-electron chi connectivity index (χ0n) is 15.2. The molecule has 0 aliphatic carbocycles.